The van der Waals surface area contributed by atoms with Crippen LogP contribution in [0.3, 0.4) is 0 Å². The first kappa shape index (κ1) is 16.0. The molecule has 0 amide bonds. The lowest BCUT2D eigenvalue weighted by molar-refractivity contribution is -0.137. The number of benzene rings is 1. The van der Waals surface area contributed by atoms with Gasteiger partial charge in [0.05, 0.1) is 5.56 Å². The van der Waals surface area contributed by atoms with Gasteiger partial charge in [0.1, 0.15) is 4.99 Å². The van der Waals surface area contributed by atoms with E-state index in [1.54, 1.807) is 0 Å². The Labute approximate surface area is 127 Å². The molecule has 1 heterocycles. The summed E-state index contributed by atoms with van der Waals surface area (Å²) in [5.74, 6) is 0. The fourth-order valence-corrected chi connectivity index (χ4v) is 2.64. The zero-order valence-electron chi connectivity index (χ0n) is 11.5. The molecule has 0 aliphatic carbocycles. The highest BCUT2D eigenvalue weighted by Gasteiger charge is 2.34. The van der Waals surface area contributed by atoms with E-state index in [1.165, 1.54) is 25.0 Å². The van der Waals surface area contributed by atoms with Crippen LogP contribution < -0.4 is 11.1 Å². The van der Waals surface area contributed by atoms with Crippen LogP contribution in [0.5, 0.6) is 0 Å². The molecule has 0 aromatic heterocycles. The van der Waals surface area contributed by atoms with E-state index >= 15 is 0 Å². The first-order valence-corrected chi connectivity index (χ1v) is 7.26. The standard InChI is InChI=1S/C14H18F3N3S/c15-14(16,17)12-4-3-10(9-11(12)13(18)21)19-5-8-20-6-1-2-7-20/h3-4,9,19H,1-2,5-8H2,(H2,18,21). The lowest BCUT2D eigenvalue weighted by Crippen LogP contribution is -2.26. The van der Waals surface area contributed by atoms with Crippen molar-refractivity contribution in [3.05, 3.63) is 29.3 Å². The molecule has 1 aliphatic rings. The first-order valence-electron chi connectivity index (χ1n) is 6.85. The molecular formula is C14H18F3N3S. The van der Waals surface area contributed by atoms with Gasteiger partial charge in [0.2, 0.25) is 0 Å². The number of alkyl halides is 3. The average Bonchev–Trinajstić information content (AvgIpc) is 2.90. The van der Waals surface area contributed by atoms with Crippen molar-refractivity contribution in [2.75, 3.05) is 31.5 Å². The van der Waals surface area contributed by atoms with E-state index in [-0.39, 0.29) is 10.6 Å². The zero-order valence-corrected chi connectivity index (χ0v) is 12.4. The predicted molar refractivity (Wildman–Crippen MR) is 81.5 cm³/mol. The van der Waals surface area contributed by atoms with Gasteiger partial charge in [-0.2, -0.15) is 13.2 Å². The highest BCUT2D eigenvalue weighted by Crippen LogP contribution is 2.33. The summed E-state index contributed by atoms with van der Waals surface area (Å²) in [4.78, 5) is 2.08. The Morgan fingerprint density at radius 3 is 2.52 bits per heavy atom. The maximum absolute atomic E-state index is 12.9. The highest BCUT2D eigenvalue weighted by atomic mass is 32.1. The number of likely N-dealkylation sites (tertiary alicyclic amines) is 1. The summed E-state index contributed by atoms with van der Waals surface area (Å²) in [5.41, 5.74) is 5.08. The van der Waals surface area contributed by atoms with Crippen molar-refractivity contribution in [2.24, 2.45) is 5.73 Å². The van der Waals surface area contributed by atoms with Gasteiger partial charge in [-0.25, -0.2) is 0 Å². The average molecular weight is 317 g/mol. The van der Waals surface area contributed by atoms with Crippen LogP contribution in [-0.4, -0.2) is 36.1 Å². The second-order valence-electron chi connectivity index (χ2n) is 5.10. The van der Waals surface area contributed by atoms with Crippen LogP contribution in [-0.2, 0) is 6.18 Å². The number of rotatable bonds is 5. The van der Waals surface area contributed by atoms with Crippen LogP contribution in [0.1, 0.15) is 24.0 Å². The molecule has 1 fully saturated rings. The largest absolute Gasteiger partial charge is 0.417 e. The van der Waals surface area contributed by atoms with Crippen molar-refractivity contribution in [2.45, 2.75) is 19.0 Å². The van der Waals surface area contributed by atoms with Crippen LogP contribution in [0.25, 0.3) is 0 Å². The van der Waals surface area contributed by atoms with Crippen LogP contribution in [0.4, 0.5) is 18.9 Å². The SMILES string of the molecule is NC(=S)c1cc(NCCN2CCCC2)ccc1C(F)(F)F. The predicted octanol–water partition coefficient (Wildman–Crippen LogP) is 2.85. The Bertz CT molecular complexity index is 511. The molecule has 21 heavy (non-hydrogen) atoms. The number of halogens is 3. The van der Waals surface area contributed by atoms with E-state index in [0.717, 1.165) is 25.7 Å². The van der Waals surface area contributed by atoms with E-state index in [0.29, 0.717) is 12.2 Å². The molecule has 0 unspecified atom stereocenters. The molecule has 2 rings (SSSR count). The fraction of sp³-hybridized carbons (Fsp3) is 0.500. The summed E-state index contributed by atoms with van der Waals surface area (Å²) in [6, 6.07) is 3.80. The minimum absolute atomic E-state index is 0.135. The molecule has 3 nitrogen and oxygen atoms in total. The summed E-state index contributed by atoms with van der Waals surface area (Å²) in [5, 5.41) is 3.12. The number of nitrogens with one attached hydrogen (secondary N) is 1. The van der Waals surface area contributed by atoms with Crippen molar-refractivity contribution < 1.29 is 13.2 Å². The number of nitrogens with zero attached hydrogens (tertiary/aromatic N) is 1. The Kier molecular flexibility index (Phi) is 5.05. The minimum atomic E-state index is -4.45. The molecule has 3 N–H and O–H groups in total. The van der Waals surface area contributed by atoms with Crippen LogP contribution in [0, 0.1) is 0 Å². The Hall–Kier alpha value is -1.34. The molecule has 0 bridgehead atoms. The summed E-state index contributed by atoms with van der Waals surface area (Å²) in [7, 11) is 0. The third-order valence-electron chi connectivity index (χ3n) is 3.55. The Balaban J connectivity index is 2.03. The Morgan fingerprint density at radius 2 is 1.95 bits per heavy atom. The van der Waals surface area contributed by atoms with Gasteiger partial charge in [-0.3, -0.25) is 0 Å². The summed E-state index contributed by atoms with van der Waals surface area (Å²) in [6.45, 7) is 3.74. The maximum atomic E-state index is 12.9. The van der Waals surface area contributed by atoms with Gasteiger partial charge in [0.25, 0.3) is 0 Å². The van der Waals surface area contributed by atoms with E-state index in [1.807, 2.05) is 0 Å². The molecule has 1 saturated heterocycles. The van der Waals surface area contributed by atoms with Crippen molar-refractivity contribution in [1.29, 1.82) is 0 Å². The van der Waals surface area contributed by atoms with E-state index < -0.39 is 11.7 Å². The van der Waals surface area contributed by atoms with Crippen LogP contribution >= 0.6 is 12.2 Å². The molecule has 116 valence electrons. The van der Waals surface area contributed by atoms with Gasteiger partial charge in [0.15, 0.2) is 0 Å². The Morgan fingerprint density at radius 1 is 1.29 bits per heavy atom. The number of hydrogen-bond donors (Lipinski definition) is 2. The van der Waals surface area contributed by atoms with Crippen molar-refractivity contribution >= 4 is 22.9 Å². The van der Waals surface area contributed by atoms with E-state index in [9.17, 15) is 13.2 Å². The third-order valence-corrected chi connectivity index (χ3v) is 3.77. The van der Waals surface area contributed by atoms with E-state index in [2.05, 4.69) is 10.2 Å². The maximum Gasteiger partial charge on any atom is 0.417 e. The number of hydrogen-bond acceptors (Lipinski definition) is 3. The topological polar surface area (TPSA) is 41.3 Å². The monoisotopic (exact) mass is 317 g/mol. The normalized spacial score (nSPS) is 16.1. The van der Waals surface area contributed by atoms with Gasteiger partial charge < -0.3 is 16.0 Å². The van der Waals surface area contributed by atoms with Crippen LogP contribution in [0.15, 0.2) is 18.2 Å². The quantitative estimate of drug-likeness (QED) is 0.820. The summed E-state index contributed by atoms with van der Waals surface area (Å²) in [6.07, 6.45) is -2.02. The number of nitrogens with two attached hydrogens (primary N) is 1. The fourth-order valence-electron chi connectivity index (χ4n) is 2.47. The second kappa shape index (κ2) is 6.62. The molecular weight excluding hydrogens is 299 g/mol. The van der Waals surface area contributed by atoms with Gasteiger partial charge in [0, 0.05) is 24.3 Å². The van der Waals surface area contributed by atoms with Crippen molar-refractivity contribution in [3.63, 3.8) is 0 Å². The van der Waals surface area contributed by atoms with Crippen molar-refractivity contribution in [3.8, 4) is 0 Å². The first-order chi connectivity index (χ1) is 9.88. The molecule has 7 heteroatoms. The highest BCUT2D eigenvalue weighted by molar-refractivity contribution is 7.80. The molecule has 1 aromatic carbocycles. The molecule has 0 saturated carbocycles. The molecule has 0 radical (unpaired) electrons. The minimum Gasteiger partial charge on any atom is -0.389 e. The van der Waals surface area contributed by atoms with Gasteiger partial charge in [-0.15, -0.1) is 0 Å². The molecule has 1 aliphatic heterocycles. The van der Waals surface area contributed by atoms with Crippen molar-refractivity contribution in [1.82, 2.24) is 4.90 Å². The van der Waals surface area contributed by atoms with Gasteiger partial charge in [-0.05, 0) is 44.1 Å². The molecule has 0 atom stereocenters. The number of anilines is 1. The smallest absolute Gasteiger partial charge is 0.389 e. The summed E-state index contributed by atoms with van der Waals surface area (Å²) >= 11 is 4.72. The molecule has 1 aromatic rings. The zero-order chi connectivity index (χ0) is 15.5. The second-order valence-corrected chi connectivity index (χ2v) is 5.54. The van der Waals surface area contributed by atoms with E-state index in [4.69, 9.17) is 18.0 Å². The van der Waals surface area contributed by atoms with Crippen LogP contribution in [0.2, 0.25) is 0 Å². The summed E-state index contributed by atoms with van der Waals surface area (Å²) < 4.78 is 38.6. The lowest BCUT2D eigenvalue weighted by Gasteiger charge is -2.17. The third kappa shape index (κ3) is 4.31. The lowest BCUT2D eigenvalue weighted by atomic mass is 10.1. The number of thiocarbonyl (C=S) groups is 1. The van der Waals surface area contributed by atoms with Gasteiger partial charge in [-0.1, -0.05) is 12.2 Å². The van der Waals surface area contributed by atoms with Gasteiger partial charge >= 0.3 is 6.18 Å². The molecule has 0 spiro atoms.